The Kier molecular flexibility index (Phi) is 4.10. The molecule has 0 amide bonds. The summed E-state index contributed by atoms with van der Waals surface area (Å²) >= 11 is 3.54. The minimum Gasteiger partial charge on any atom is -0.370 e. The smallest absolute Gasteiger partial charge is 0.127 e. The van der Waals surface area contributed by atoms with E-state index in [1.807, 2.05) is 13.8 Å². The van der Waals surface area contributed by atoms with Gasteiger partial charge in [-0.3, -0.25) is 0 Å². The van der Waals surface area contributed by atoms with E-state index in [1.54, 1.807) is 0 Å². The third-order valence-electron chi connectivity index (χ3n) is 3.42. The molecule has 0 aromatic heterocycles. The van der Waals surface area contributed by atoms with E-state index in [0.29, 0.717) is 0 Å². The van der Waals surface area contributed by atoms with Crippen LogP contribution in [-0.4, -0.2) is 19.4 Å². The van der Waals surface area contributed by atoms with Crippen LogP contribution in [0.15, 0.2) is 22.7 Å². The zero-order chi connectivity index (χ0) is 13.2. The van der Waals surface area contributed by atoms with Crippen LogP contribution in [0.25, 0.3) is 0 Å². The van der Waals surface area contributed by atoms with Crippen LogP contribution in [0.1, 0.15) is 32.3 Å². The Morgan fingerprint density at radius 1 is 1.39 bits per heavy atom. The van der Waals surface area contributed by atoms with Crippen molar-refractivity contribution in [2.24, 2.45) is 5.41 Å². The Balaban J connectivity index is 2.30. The van der Waals surface area contributed by atoms with Crippen molar-refractivity contribution in [3.63, 3.8) is 0 Å². The molecule has 2 rings (SSSR count). The van der Waals surface area contributed by atoms with E-state index in [2.05, 4.69) is 39.0 Å². The van der Waals surface area contributed by atoms with E-state index in [1.165, 1.54) is 24.1 Å². The highest BCUT2D eigenvalue weighted by Crippen LogP contribution is 2.31. The van der Waals surface area contributed by atoms with Gasteiger partial charge in [0.1, 0.15) is 6.29 Å². The van der Waals surface area contributed by atoms with Gasteiger partial charge in [-0.1, -0.05) is 29.8 Å². The third kappa shape index (κ3) is 3.14. The summed E-state index contributed by atoms with van der Waals surface area (Å²) in [5.41, 5.74) is 2.41. The molecule has 2 nitrogen and oxygen atoms in total. The first-order valence-electron chi connectivity index (χ1n) is 6.51. The quantitative estimate of drug-likeness (QED) is 0.791. The van der Waals surface area contributed by atoms with Crippen LogP contribution in [0.2, 0.25) is 0 Å². The maximum Gasteiger partial charge on any atom is 0.127 e. The molecule has 0 saturated carbocycles. The first kappa shape index (κ1) is 13.6. The normalized spacial score (nSPS) is 16.1. The topological polar surface area (TPSA) is 20.3 Å². The molecule has 0 fully saturated rings. The molecule has 3 heteroatoms. The number of benzene rings is 1. The minimum absolute atomic E-state index is 0.283. The number of nitrogens with zero attached hydrogens (tertiary/aromatic N) is 1. The average molecular weight is 310 g/mol. The van der Waals surface area contributed by atoms with Crippen molar-refractivity contribution in [2.45, 2.75) is 33.1 Å². The van der Waals surface area contributed by atoms with Crippen molar-refractivity contribution in [2.75, 3.05) is 18.0 Å². The summed E-state index contributed by atoms with van der Waals surface area (Å²) in [6.07, 6.45) is 4.62. The molecule has 1 aromatic rings. The highest BCUT2D eigenvalue weighted by atomic mass is 79.9. The molecule has 1 aromatic carbocycles. The fraction of sp³-hybridized carbons (Fsp3) is 0.533. The second kappa shape index (κ2) is 5.43. The number of rotatable bonds is 3. The van der Waals surface area contributed by atoms with Gasteiger partial charge >= 0.3 is 0 Å². The van der Waals surface area contributed by atoms with Crippen molar-refractivity contribution in [3.05, 3.63) is 28.2 Å². The number of aryl methyl sites for hydroxylation is 1. The monoisotopic (exact) mass is 309 g/mol. The highest BCUT2D eigenvalue weighted by molar-refractivity contribution is 9.10. The van der Waals surface area contributed by atoms with Crippen LogP contribution in [-0.2, 0) is 11.2 Å². The zero-order valence-electron chi connectivity index (χ0n) is 11.1. The van der Waals surface area contributed by atoms with Crippen LogP contribution in [0.4, 0.5) is 5.69 Å². The SMILES string of the molecule is CC(C)(C=O)CN1CCCCc2cc(Br)ccc21. The molecule has 1 aliphatic heterocycles. The first-order chi connectivity index (χ1) is 8.52. The van der Waals surface area contributed by atoms with Crippen molar-refractivity contribution < 1.29 is 4.79 Å². The number of hydrogen-bond acceptors (Lipinski definition) is 2. The molecule has 1 aliphatic rings. The Hall–Kier alpha value is -0.830. The second-order valence-electron chi connectivity index (χ2n) is 5.76. The van der Waals surface area contributed by atoms with Gasteiger partial charge in [0.15, 0.2) is 0 Å². The molecule has 0 atom stereocenters. The molecule has 98 valence electrons. The van der Waals surface area contributed by atoms with E-state index < -0.39 is 0 Å². The summed E-state index contributed by atoms with van der Waals surface area (Å²) in [5, 5.41) is 0. The van der Waals surface area contributed by atoms with Crippen LogP contribution in [0, 0.1) is 5.41 Å². The Morgan fingerprint density at radius 2 is 2.17 bits per heavy atom. The van der Waals surface area contributed by atoms with Gasteiger partial charge in [-0.05, 0) is 43.0 Å². The first-order valence-corrected chi connectivity index (χ1v) is 7.31. The van der Waals surface area contributed by atoms with Gasteiger partial charge in [0.2, 0.25) is 0 Å². The molecule has 0 spiro atoms. The van der Waals surface area contributed by atoms with Gasteiger partial charge in [0.25, 0.3) is 0 Å². The van der Waals surface area contributed by atoms with Crippen molar-refractivity contribution in [1.29, 1.82) is 0 Å². The van der Waals surface area contributed by atoms with Gasteiger partial charge in [-0.25, -0.2) is 0 Å². The molecule has 0 bridgehead atoms. The van der Waals surface area contributed by atoms with E-state index in [-0.39, 0.29) is 5.41 Å². The van der Waals surface area contributed by atoms with E-state index in [4.69, 9.17) is 0 Å². The fourth-order valence-electron chi connectivity index (χ4n) is 2.49. The van der Waals surface area contributed by atoms with Gasteiger partial charge < -0.3 is 9.69 Å². The Bertz CT molecular complexity index is 442. The lowest BCUT2D eigenvalue weighted by Gasteiger charge is -2.31. The summed E-state index contributed by atoms with van der Waals surface area (Å²) in [6, 6.07) is 6.47. The largest absolute Gasteiger partial charge is 0.370 e. The fourth-order valence-corrected chi connectivity index (χ4v) is 2.90. The lowest BCUT2D eigenvalue weighted by molar-refractivity contribution is -0.114. The minimum atomic E-state index is -0.283. The number of hydrogen-bond donors (Lipinski definition) is 0. The summed E-state index contributed by atoms with van der Waals surface area (Å²) in [6.45, 7) is 5.85. The van der Waals surface area contributed by atoms with E-state index in [0.717, 1.165) is 30.3 Å². The number of fused-ring (bicyclic) bond motifs is 1. The summed E-state index contributed by atoms with van der Waals surface area (Å²) < 4.78 is 1.14. The molecule has 18 heavy (non-hydrogen) atoms. The van der Waals surface area contributed by atoms with Crippen LogP contribution in [0.3, 0.4) is 0 Å². The molecular formula is C15H20BrNO. The lowest BCUT2D eigenvalue weighted by atomic mass is 9.94. The molecule has 0 N–H and O–H groups in total. The summed E-state index contributed by atoms with van der Waals surface area (Å²) in [5.74, 6) is 0. The number of anilines is 1. The number of carbonyl (C=O) groups excluding carboxylic acids is 1. The maximum atomic E-state index is 11.1. The molecule has 0 unspecified atom stereocenters. The zero-order valence-corrected chi connectivity index (χ0v) is 12.7. The summed E-state index contributed by atoms with van der Waals surface area (Å²) in [7, 11) is 0. The van der Waals surface area contributed by atoms with Crippen LogP contribution >= 0.6 is 15.9 Å². The molecule has 0 aliphatic carbocycles. The van der Waals surface area contributed by atoms with Gasteiger partial charge in [0, 0.05) is 28.7 Å². The van der Waals surface area contributed by atoms with Gasteiger partial charge in [-0.15, -0.1) is 0 Å². The van der Waals surface area contributed by atoms with Crippen molar-refractivity contribution in [3.8, 4) is 0 Å². The van der Waals surface area contributed by atoms with Crippen LogP contribution < -0.4 is 4.90 Å². The second-order valence-corrected chi connectivity index (χ2v) is 6.67. The van der Waals surface area contributed by atoms with Gasteiger partial charge in [0.05, 0.1) is 0 Å². The third-order valence-corrected chi connectivity index (χ3v) is 3.92. The molecule has 1 heterocycles. The van der Waals surface area contributed by atoms with E-state index in [9.17, 15) is 4.79 Å². The average Bonchev–Trinajstić information content (AvgIpc) is 2.51. The lowest BCUT2D eigenvalue weighted by Crippen LogP contribution is -2.35. The Labute approximate surface area is 117 Å². The molecule has 0 saturated heterocycles. The van der Waals surface area contributed by atoms with Crippen LogP contribution in [0.5, 0.6) is 0 Å². The predicted molar refractivity (Wildman–Crippen MR) is 79.1 cm³/mol. The highest BCUT2D eigenvalue weighted by Gasteiger charge is 2.23. The number of carbonyl (C=O) groups is 1. The van der Waals surface area contributed by atoms with E-state index >= 15 is 0 Å². The maximum absolute atomic E-state index is 11.1. The predicted octanol–water partition coefficient (Wildman–Crippen LogP) is 3.82. The molecule has 0 radical (unpaired) electrons. The molecular weight excluding hydrogens is 290 g/mol. The number of aldehydes is 1. The Morgan fingerprint density at radius 3 is 2.89 bits per heavy atom. The van der Waals surface area contributed by atoms with Gasteiger partial charge in [-0.2, -0.15) is 0 Å². The number of halogens is 1. The summed E-state index contributed by atoms with van der Waals surface area (Å²) in [4.78, 5) is 13.5. The van der Waals surface area contributed by atoms with Crippen molar-refractivity contribution >= 4 is 27.9 Å². The van der Waals surface area contributed by atoms with Crippen molar-refractivity contribution in [1.82, 2.24) is 0 Å². The standard InChI is InChI=1S/C15H20BrNO/c1-15(2,11-18)10-17-8-4-3-5-12-9-13(16)6-7-14(12)17/h6-7,9,11H,3-5,8,10H2,1-2H3.